The number of aromatic carboxylic acids is 1. The molecule has 0 amide bonds. The number of carbonyl (C=O) groups is 1. The van der Waals surface area contributed by atoms with Gasteiger partial charge in [-0.05, 0) is 84.7 Å². The molecule has 0 atom stereocenters. The molecule has 166 valence electrons. The summed E-state index contributed by atoms with van der Waals surface area (Å²) in [6, 6.07) is 14.3. The van der Waals surface area contributed by atoms with Crippen LogP contribution in [0, 0.1) is 5.92 Å². The Hall–Kier alpha value is -2.35. The van der Waals surface area contributed by atoms with Gasteiger partial charge in [0.2, 0.25) is 0 Å². The molecular weight excluding hydrogens is 380 g/mol. The van der Waals surface area contributed by atoms with Gasteiger partial charge in [-0.15, -0.1) is 0 Å². The second-order valence-corrected chi connectivity index (χ2v) is 9.14. The van der Waals surface area contributed by atoms with Crippen molar-refractivity contribution in [2.75, 3.05) is 0 Å². The number of rotatable bonds is 10. The molecule has 2 heteroatoms. The van der Waals surface area contributed by atoms with Crippen LogP contribution in [0.25, 0.3) is 17.2 Å². The normalized spacial score (nSPS) is 19.0. The van der Waals surface area contributed by atoms with Crippen molar-refractivity contribution in [2.45, 2.75) is 84.0 Å². The highest BCUT2D eigenvalue weighted by Gasteiger charge is 2.22. The van der Waals surface area contributed by atoms with Crippen molar-refractivity contribution in [1.29, 1.82) is 0 Å². The monoisotopic (exact) mass is 418 g/mol. The molecule has 2 aromatic carbocycles. The summed E-state index contributed by atoms with van der Waals surface area (Å²) in [7, 11) is 0. The maximum absolute atomic E-state index is 11.8. The van der Waals surface area contributed by atoms with E-state index < -0.39 is 5.97 Å². The van der Waals surface area contributed by atoms with Crippen LogP contribution in [-0.2, 0) is 0 Å². The second-order valence-electron chi connectivity index (χ2n) is 9.14. The highest BCUT2D eigenvalue weighted by atomic mass is 16.4. The predicted molar refractivity (Wildman–Crippen MR) is 132 cm³/mol. The van der Waals surface area contributed by atoms with Crippen molar-refractivity contribution in [3.05, 3.63) is 65.2 Å². The number of hydrogen-bond donors (Lipinski definition) is 1. The smallest absolute Gasteiger partial charge is 0.336 e. The molecule has 0 unspecified atom stereocenters. The minimum Gasteiger partial charge on any atom is -0.478 e. The molecule has 3 rings (SSSR count). The number of hydrogen-bond acceptors (Lipinski definition) is 1. The van der Waals surface area contributed by atoms with Gasteiger partial charge < -0.3 is 5.11 Å². The van der Waals surface area contributed by atoms with Crippen LogP contribution in [0.1, 0.15) is 105 Å². The summed E-state index contributed by atoms with van der Waals surface area (Å²) in [6.07, 6.45) is 17.0. The molecule has 0 spiro atoms. The Balaban J connectivity index is 1.74. The molecule has 0 saturated heterocycles. The van der Waals surface area contributed by atoms with E-state index in [0.29, 0.717) is 11.5 Å². The Morgan fingerprint density at radius 3 is 2.35 bits per heavy atom. The first-order valence-electron chi connectivity index (χ1n) is 12.3. The lowest BCUT2D eigenvalue weighted by atomic mass is 9.77. The van der Waals surface area contributed by atoms with Crippen LogP contribution in [0.4, 0.5) is 0 Å². The SMILES string of the molecule is CCCCCC=Cc1ccc(C(=O)O)c(-c2ccc(C3CCC(CCC)CC3)cc2)c1. The molecule has 31 heavy (non-hydrogen) atoms. The summed E-state index contributed by atoms with van der Waals surface area (Å²) in [5.41, 5.74) is 4.64. The minimum absolute atomic E-state index is 0.371. The van der Waals surface area contributed by atoms with Crippen molar-refractivity contribution in [3.8, 4) is 11.1 Å². The van der Waals surface area contributed by atoms with E-state index in [1.54, 1.807) is 6.07 Å². The number of allylic oxidation sites excluding steroid dienone is 1. The van der Waals surface area contributed by atoms with Crippen LogP contribution in [0.5, 0.6) is 0 Å². The zero-order valence-electron chi connectivity index (χ0n) is 19.3. The van der Waals surface area contributed by atoms with Crippen LogP contribution in [-0.4, -0.2) is 11.1 Å². The fourth-order valence-electron chi connectivity index (χ4n) is 4.95. The van der Waals surface area contributed by atoms with E-state index in [0.717, 1.165) is 29.0 Å². The lowest BCUT2D eigenvalue weighted by Crippen LogP contribution is -2.13. The van der Waals surface area contributed by atoms with Gasteiger partial charge in [0.1, 0.15) is 0 Å². The number of unbranched alkanes of at least 4 members (excludes halogenated alkanes) is 3. The Morgan fingerprint density at radius 1 is 0.968 bits per heavy atom. The summed E-state index contributed by atoms with van der Waals surface area (Å²) in [5.74, 6) is 0.696. The van der Waals surface area contributed by atoms with Crippen molar-refractivity contribution in [1.82, 2.24) is 0 Å². The van der Waals surface area contributed by atoms with Crippen LogP contribution in [0.3, 0.4) is 0 Å². The fourth-order valence-corrected chi connectivity index (χ4v) is 4.95. The minimum atomic E-state index is -0.869. The highest BCUT2D eigenvalue weighted by molar-refractivity contribution is 5.96. The van der Waals surface area contributed by atoms with Crippen LogP contribution in [0.2, 0.25) is 0 Å². The molecule has 0 radical (unpaired) electrons. The molecule has 1 fully saturated rings. The molecule has 0 aromatic heterocycles. The Labute approximate surface area is 188 Å². The molecule has 2 aromatic rings. The van der Waals surface area contributed by atoms with Gasteiger partial charge in [0.15, 0.2) is 0 Å². The maximum atomic E-state index is 11.8. The molecule has 0 aliphatic heterocycles. The summed E-state index contributed by atoms with van der Waals surface area (Å²) >= 11 is 0. The molecule has 0 bridgehead atoms. The zero-order valence-corrected chi connectivity index (χ0v) is 19.3. The summed E-state index contributed by atoms with van der Waals surface area (Å²) in [5, 5.41) is 9.70. The first-order valence-corrected chi connectivity index (χ1v) is 12.3. The largest absolute Gasteiger partial charge is 0.478 e. The third kappa shape index (κ3) is 6.56. The third-order valence-corrected chi connectivity index (χ3v) is 6.80. The average molecular weight is 419 g/mol. The molecule has 1 saturated carbocycles. The van der Waals surface area contributed by atoms with E-state index in [2.05, 4.69) is 50.3 Å². The van der Waals surface area contributed by atoms with Gasteiger partial charge >= 0.3 is 5.97 Å². The predicted octanol–water partition coefficient (Wildman–Crippen LogP) is 8.72. The quantitative estimate of drug-likeness (QED) is 0.392. The lowest BCUT2D eigenvalue weighted by molar-refractivity contribution is 0.0697. The fraction of sp³-hybridized carbons (Fsp3) is 0.483. The first-order chi connectivity index (χ1) is 15.1. The molecule has 1 N–H and O–H groups in total. The zero-order chi connectivity index (χ0) is 22.1. The van der Waals surface area contributed by atoms with Gasteiger partial charge in [-0.1, -0.05) is 82.0 Å². The third-order valence-electron chi connectivity index (χ3n) is 6.80. The summed E-state index contributed by atoms with van der Waals surface area (Å²) in [4.78, 5) is 11.8. The van der Waals surface area contributed by atoms with Crippen LogP contribution >= 0.6 is 0 Å². The average Bonchev–Trinajstić information content (AvgIpc) is 2.79. The van der Waals surface area contributed by atoms with Crippen LogP contribution < -0.4 is 0 Å². The second kappa shape index (κ2) is 11.9. The van der Waals surface area contributed by atoms with Crippen molar-refractivity contribution in [2.24, 2.45) is 5.92 Å². The Kier molecular flexibility index (Phi) is 8.94. The summed E-state index contributed by atoms with van der Waals surface area (Å²) in [6.45, 7) is 4.50. The van der Waals surface area contributed by atoms with E-state index in [1.807, 2.05) is 12.1 Å². The van der Waals surface area contributed by atoms with Crippen molar-refractivity contribution in [3.63, 3.8) is 0 Å². The van der Waals surface area contributed by atoms with E-state index in [1.165, 1.54) is 63.4 Å². The number of carboxylic acid groups (broad SMARTS) is 1. The van der Waals surface area contributed by atoms with Gasteiger partial charge in [-0.25, -0.2) is 4.79 Å². The Bertz CT molecular complexity index is 855. The number of carboxylic acids is 1. The maximum Gasteiger partial charge on any atom is 0.336 e. The molecule has 2 nitrogen and oxygen atoms in total. The molecule has 1 aliphatic rings. The van der Waals surface area contributed by atoms with E-state index in [4.69, 9.17) is 0 Å². The summed E-state index contributed by atoms with van der Waals surface area (Å²) < 4.78 is 0. The van der Waals surface area contributed by atoms with Gasteiger partial charge in [0.25, 0.3) is 0 Å². The molecule has 0 heterocycles. The van der Waals surface area contributed by atoms with E-state index >= 15 is 0 Å². The Morgan fingerprint density at radius 2 is 1.71 bits per heavy atom. The molecule has 1 aliphatic carbocycles. The highest BCUT2D eigenvalue weighted by Crippen LogP contribution is 2.38. The van der Waals surface area contributed by atoms with Crippen LogP contribution in [0.15, 0.2) is 48.5 Å². The van der Waals surface area contributed by atoms with Gasteiger partial charge in [-0.3, -0.25) is 0 Å². The van der Waals surface area contributed by atoms with Crippen molar-refractivity contribution >= 4 is 12.0 Å². The topological polar surface area (TPSA) is 37.3 Å². The van der Waals surface area contributed by atoms with E-state index in [-0.39, 0.29) is 0 Å². The lowest BCUT2D eigenvalue weighted by Gasteiger charge is -2.28. The van der Waals surface area contributed by atoms with Crippen molar-refractivity contribution < 1.29 is 9.90 Å². The number of benzene rings is 2. The van der Waals surface area contributed by atoms with Gasteiger partial charge in [0, 0.05) is 0 Å². The van der Waals surface area contributed by atoms with Gasteiger partial charge in [-0.2, -0.15) is 0 Å². The van der Waals surface area contributed by atoms with Gasteiger partial charge in [0.05, 0.1) is 5.56 Å². The first kappa shape index (κ1) is 23.3. The molecular formula is C29H38O2. The van der Waals surface area contributed by atoms with E-state index in [9.17, 15) is 9.90 Å². The standard InChI is InChI=1S/C29H38O2/c1-3-5-6-7-8-10-23-13-20-27(29(30)31)28(21-23)26-18-16-25(17-19-26)24-14-11-22(9-4-2)12-15-24/h8,10,13,16-22,24H,3-7,9,11-12,14-15H2,1-2H3,(H,30,31).